The van der Waals surface area contributed by atoms with Crippen LogP contribution < -0.4 is 0 Å². The lowest BCUT2D eigenvalue weighted by molar-refractivity contribution is -0.160. The first-order valence-electron chi connectivity index (χ1n) is 7.11. The van der Waals surface area contributed by atoms with Crippen molar-refractivity contribution in [1.29, 1.82) is 5.41 Å². The Bertz CT molecular complexity index is 576. The van der Waals surface area contributed by atoms with Crippen molar-refractivity contribution < 1.29 is 19.8 Å². The number of thioether (sulfide) groups is 2. The number of carboxylic acids is 1. The zero-order chi connectivity index (χ0) is 17.5. The maximum Gasteiger partial charge on any atom is 0.353 e. The molecule has 128 valence electrons. The first kappa shape index (κ1) is 18.2. The van der Waals surface area contributed by atoms with Crippen LogP contribution in [0.3, 0.4) is 0 Å². The van der Waals surface area contributed by atoms with Crippen molar-refractivity contribution in [2.45, 2.75) is 24.3 Å². The average molecular weight is 359 g/mol. The molecule has 3 unspecified atom stereocenters. The number of nitrogens with zero attached hydrogens (tertiary/aromatic N) is 2. The summed E-state index contributed by atoms with van der Waals surface area (Å²) >= 11 is 2.77. The van der Waals surface area contributed by atoms with Crippen LogP contribution in [0.25, 0.3) is 0 Å². The third kappa shape index (κ3) is 2.97. The molecule has 0 aromatic rings. The second-order valence-corrected chi connectivity index (χ2v) is 7.77. The number of hydrogen-bond acceptors (Lipinski definition) is 6. The smallest absolute Gasteiger partial charge is 0.353 e. The Kier molecular flexibility index (Phi) is 5.32. The van der Waals surface area contributed by atoms with E-state index in [0.717, 1.165) is 0 Å². The van der Waals surface area contributed by atoms with E-state index in [1.54, 1.807) is 25.9 Å². The van der Waals surface area contributed by atoms with E-state index in [0.29, 0.717) is 16.5 Å². The number of amides is 1. The summed E-state index contributed by atoms with van der Waals surface area (Å²) in [6.45, 7) is 1.56. The van der Waals surface area contributed by atoms with Gasteiger partial charge in [-0.15, -0.1) is 11.8 Å². The highest BCUT2D eigenvalue weighted by Gasteiger charge is 2.61. The number of carbonyl (C=O) groups is 2. The molecule has 1 amide bonds. The molecule has 0 radical (unpaired) electrons. The van der Waals surface area contributed by atoms with E-state index in [-0.39, 0.29) is 22.9 Å². The van der Waals surface area contributed by atoms with Crippen molar-refractivity contribution in [2.24, 2.45) is 5.92 Å². The predicted molar refractivity (Wildman–Crippen MR) is 91.6 cm³/mol. The van der Waals surface area contributed by atoms with Gasteiger partial charge in [-0.3, -0.25) is 15.1 Å². The van der Waals surface area contributed by atoms with E-state index >= 15 is 0 Å². The second-order valence-electron chi connectivity index (χ2n) is 5.77. The molecule has 0 aliphatic carbocycles. The Labute approximate surface area is 143 Å². The molecular formula is C14H21N3O4S2. The van der Waals surface area contributed by atoms with E-state index in [9.17, 15) is 19.8 Å². The summed E-state index contributed by atoms with van der Waals surface area (Å²) < 4.78 is 0. The summed E-state index contributed by atoms with van der Waals surface area (Å²) in [5.74, 6) is -1.32. The minimum Gasteiger partial charge on any atom is -0.477 e. The molecule has 0 saturated carbocycles. The van der Waals surface area contributed by atoms with E-state index in [2.05, 4.69) is 0 Å². The molecule has 3 N–H and O–H groups in total. The number of nitrogens with one attached hydrogen (secondary N) is 1. The van der Waals surface area contributed by atoms with Gasteiger partial charge < -0.3 is 15.1 Å². The largest absolute Gasteiger partial charge is 0.477 e. The molecule has 2 rings (SSSR count). The number of carbonyl (C=O) groups excluding carboxylic acids is 1. The summed E-state index contributed by atoms with van der Waals surface area (Å²) in [4.78, 5) is 27.5. The monoisotopic (exact) mass is 359 g/mol. The van der Waals surface area contributed by atoms with Gasteiger partial charge in [0.1, 0.15) is 11.5 Å². The van der Waals surface area contributed by atoms with Gasteiger partial charge in [0.05, 0.1) is 29.1 Å². The quantitative estimate of drug-likeness (QED) is 0.360. The highest BCUT2D eigenvalue weighted by molar-refractivity contribution is 8.06. The molecule has 0 aromatic carbocycles. The van der Waals surface area contributed by atoms with Crippen LogP contribution in [0, 0.1) is 11.3 Å². The third-order valence-corrected chi connectivity index (χ3v) is 6.46. The van der Waals surface area contributed by atoms with Crippen molar-refractivity contribution in [3.8, 4) is 0 Å². The van der Waals surface area contributed by atoms with Gasteiger partial charge in [-0.25, -0.2) is 4.79 Å². The number of fused-ring (bicyclic) bond motifs is 1. The lowest BCUT2D eigenvalue weighted by atomic mass is 9.83. The second kappa shape index (κ2) is 6.74. The van der Waals surface area contributed by atoms with Crippen molar-refractivity contribution in [3.05, 3.63) is 10.6 Å². The molecule has 0 aromatic heterocycles. The van der Waals surface area contributed by atoms with E-state index in [4.69, 9.17) is 5.41 Å². The van der Waals surface area contributed by atoms with Crippen LogP contribution in [0.15, 0.2) is 10.6 Å². The van der Waals surface area contributed by atoms with Crippen molar-refractivity contribution in [2.75, 3.05) is 26.1 Å². The molecule has 1 fully saturated rings. The molecule has 0 spiro atoms. The number of carboxylic acid groups (broad SMARTS) is 1. The molecule has 7 nitrogen and oxygen atoms in total. The first-order chi connectivity index (χ1) is 10.7. The number of amidine groups is 1. The van der Waals surface area contributed by atoms with Gasteiger partial charge in [0.25, 0.3) is 0 Å². The zero-order valence-electron chi connectivity index (χ0n) is 13.4. The number of rotatable bonds is 6. The molecule has 0 bridgehead atoms. The van der Waals surface area contributed by atoms with Gasteiger partial charge >= 0.3 is 5.97 Å². The Hall–Kier alpha value is -1.19. The van der Waals surface area contributed by atoms with E-state index in [1.165, 1.54) is 28.4 Å². The molecular weight excluding hydrogens is 338 g/mol. The fourth-order valence-corrected chi connectivity index (χ4v) is 5.46. The standard InChI is InChI=1S/C14H21N3O4S2/c1-6(18)8-9-11(22-4)12(23-5-7(15)16(2)3)10(14(20)21)17(9)13(8)19/h6,8-9,11,15,18H,5H2,1-4H3,(H,20,21)/t6?,8?,9-,11?/m0/s1. The van der Waals surface area contributed by atoms with E-state index in [1.807, 2.05) is 6.26 Å². The van der Waals surface area contributed by atoms with Crippen molar-refractivity contribution in [3.63, 3.8) is 0 Å². The van der Waals surface area contributed by atoms with E-state index < -0.39 is 18.0 Å². The summed E-state index contributed by atoms with van der Waals surface area (Å²) in [7, 11) is 3.52. The molecule has 2 aliphatic rings. The van der Waals surface area contributed by atoms with Gasteiger partial charge in [0.15, 0.2) is 0 Å². The van der Waals surface area contributed by atoms with Crippen LogP contribution in [0.5, 0.6) is 0 Å². The van der Waals surface area contributed by atoms with Crippen LogP contribution in [0.1, 0.15) is 6.92 Å². The number of aliphatic hydroxyl groups excluding tert-OH is 1. The Morgan fingerprint density at radius 2 is 2.09 bits per heavy atom. The van der Waals surface area contributed by atoms with Crippen LogP contribution in [-0.4, -0.2) is 81.2 Å². The van der Waals surface area contributed by atoms with Crippen LogP contribution in [0.4, 0.5) is 0 Å². The number of aliphatic carboxylic acids is 1. The van der Waals surface area contributed by atoms with Gasteiger partial charge in [0, 0.05) is 19.0 Å². The summed E-state index contributed by atoms with van der Waals surface area (Å²) in [5, 5.41) is 27.1. The molecule has 23 heavy (non-hydrogen) atoms. The minimum absolute atomic E-state index is 0.00723. The zero-order valence-corrected chi connectivity index (χ0v) is 15.1. The highest BCUT2D eigenvalue weighted by Crippen LogP contribution is 2.51. The van der Waals surface area contributed by atoms with Crippen LogP contribution in [0.2, 0.25) is 0 Å². The van der Waals surface area contributed by atoms with Gasteiger partial charge in [-0.1, -0.05) is 0 Å². The Morgan fingerprint density at radius 1 is 1.48 bits per heavy atom. The van der Waals surface area contributed by atoms with Gasteiger partial charge in [-0.05, 0) is 13.2 Å². The molecule has 9 heteroatoms. The maximum absolute atomic E-state index is 12.3. The fourth-order valence-electron chi connectivity index (χ4n) is 2.90. The molecule has 2 heterocycles. The minimum atomic E-state index is -1.14. The molecule has 2 aliphatic heterocycles. The number of aliphatic hydroxyl groups is 1. The Balaban J connectivity index is 2.31. The van der Waals surface area contributed by atoms with Crippen molar-refractivity contribution >= 4 is 41.2 Å². The van der Waals surface area contributed by atoms with Gasteiger partial charge in [0.2, 0.25) is 5.91 Å². The highest BCUT2D eigenvalue weighted by atomic mass is 32.2. The first-order valence-corrected chi connectivity index (χ1v) is 9.38. The van der Waals surface area contributed by atoms with Crippen LogP contribution >= 0.6 is 23.5 Å². The summed E-state index contributed by atoms with van der Waals surface area (Å²) in [6.07, 6.45) is 1.06. The third-order valence-electron chi connectivity index (χ3n) is 4.11. The number of β-lactam (4-membered cyclic amide) rings is 1. The normalized spacial score (nSPS) is 27.6. The number of hydrogen-bond donors (Lipinski definition) is 3. The molecule has 1 saturated heterocycles. The lowest BCUT2D eigenvalue weighted by Crippen LogP contribution is -2.64. The maximum atomic E-state index is 12.3. The summed E-state index contributed by atoms with van der Waals surface area (Å²) in [5.41, 5.74) is 0.00723. The predicted octanol–water partition coefficient (Wildman–Crippen LogP) is 0.508. The SMILES string of the molecule is CSC1C(SCC(=N)N(C)C)=C(C(=O)O)N2C(=O)C(C(C)O)[C@@H]12. The topological polar surface area (TPSA) is 105 Å². The van der Waals surface area contributed by atoms with Crippen LogP contribution in [-0.2, 0) is 9.59 Å². The lowest BCUT2D eigenvalue weighted by Gasteiger charge is -2.46. The Morgan fingerprint density at radius 3 is 2.52 bits per heavy atom. The molecule has 4 atom stereocenters. The fraction of sp³-hybridized carbons (Fsp3) is 0.643. The van der Waals surface area contributed by atoms with Gasteiger partial charge in [-0.2, -0.15) is 11.8 Å². The van der Waals surface area contributed by atoms with Crippen molar-refractivity contribution in [1.82, 2.24) is 9.80 Å². The average Bonchev–Trinajstić information content (AvgIpc) is 2.73. The summed E-state index contributed by atoms with van der Waals surface area (Å²) in [6, 6.07) is -0.320.